The van der Waals surface area contributed by atoms with Gasteiger partial charge >= 0.3 is 0 Å². The first kappa shape index (κ1) is 20.6. The van der Waals surface area contributed by atoms with Crippen LogP contribution >= 0.6 is 35.6 Å². The van der Waals surface area contributed by atoms with E-state index in [9.17, 15) is 0 Å². The van der Waals surface area contributed by atoms with Crippen LogP contribution in [-0.2, 0) is 0 Å². The topological polar surface area (TPSA) is 48.1 Å². The van der Waals surface area contributed by atoms with E-state index in [0.717, 1.165) is 44.3 Å². The van der Waals surface area contributed by atoms with Gasteiger partial charge in [0.15, 0.2) is 5.96 Å². The molecule has 0 aromatic heterocycles. The molecule has 5 nitrogen and oxygen atoms in total. The highest BCUT2D eigenvalue weighted by atomic mass is 127. The molecule has 2 N–H and O–H groups in total. The Morgan fingerprint density at radius 1 is 1.16 bits per heavy atom. The number of likely N-dealkylation sites (tertiary alicyclic amines) is 1. The Morgan fingerprint density at radius 3 is 2.48 bits per heavy atom. The molecule has 0 spiro atoms. The van der Waals surface area contributed by atoms with Gasteiger partial charge in [-0.15, -0.1) is 24.0 Å². The molecule has 0 amide bonds. The van der Waals surface area contributed by atoms with Crippen LogP contribution in [0.1, 0.15) is 12.8 Å². The van der Waals surface area contributed by atoms with E-state index in [4.69, 9.17) is 17.3 Å². The van der Waals surface area contributed by atoms with E-state index in [1.54, 1.807) is 0 Å². The van der Waals surface area contributed by atoms with Gasteiger partial charge in [-0.1, -0.05) is 11.6 Å². The lowest BCUT2D eigenvalue weighted by atomic mass is 9.99. The van der Waals surface area contributed by atoms with Crippen molar-refractivity contribution in [3.8, 4) is 0 Å². The standard InChI is InChI=1S/C18H28ClN5.HI/c1-22-8-2-3-15(14-22)13-21-18(20)24-11-9-23(10-12-24)17-6-4-16(19)5-7-17;/h4-7,15H,2-3,8-14H2,1H3,(H2,20,21);1H. The van der Waals surface area contributed by atoms with Crippen LogP contribution in [-0.4, -0.2) is 68.6 Å². The van der Waals surface area contributed by atoms with Gasteiger partial charge in [0.2, 0.25) is 0 Å². The zero-order valence-electron chi connectivity index (χ0n) is 14.9. The second-order valence-corrected chi connectivity index (χ2v) is 7.36. The molecule has 7 heteroatoms. The summed E-state index contributed by atoms with van der Waals surface area (Å²) in [5.41, 5.74) is 7.45. The number of nitrogens with zero attached hydrogens (tertiary/aromatic N) is 4. The summed E-state index contributed by atoms with van der Waals surface area (Å²) in [7, 11) is 2.19. The molecule has 140 valence electrons. The Bertz CT molecular complexity index is 557. The number of piperidine rings is 1. The third-order valence-corrected chi connectivity index (χ3v) is 5.28. The molecule has 2 aliphatic heterocycles. The molecule has 2 heterocycles. The molecule has 2 saturated heterocycles. The second kappa shape index (κ2) is 9.83. The maximum absolute atomic E-state index is 6.23. The van der Waals surface area contributed by atoms with E-state index in [-0.39, 0.29) is 24.0 Å². The molecular formula is C18H29ClIN5. The zero-order valence-corrected chi connectivity index (χ0v) is 18.0. The molecule has 0 aliphatic carbocycles. The van der Waals surface area contributed by atoms with Crippen LogP contribution in [0.15, 0.2) is 29.3 Å². The normalized spacial score (nSPS) is 22.6. The third-order valence-electron chi connectivity index (χ3n) is 5.03. The zero-order chi connectivity index (χ0) is 16.9. The van der Waals surface area contributed by atoms with Gasteiger partial charge in [0.05, 0.1) is 0 Å². The van der Waals surface area contributed by atoms with Crippen LogP contribution in [0.5, 0.6) is 0 Å². The summed E-state index contributed by atoms with van der Waals surface area (Å²) in [5.74, 6) is 1.36. The van der Waals surface area contributed by atoms with E-state index in [0.29, 0.717) is 11.9 Å². The summed E-state index contributed by atoms with van der Waals surface area (Å²) in [6.07, 6.45) is 2.54. The molecule has 1 aromatic rings. The number of rotatable bonds is 3. The quantitative estimate of drug-likeness (QED) is 0.413. The Kier molecular flexibility index (Phi) is 8.09. The maximum Gasteiger partial charge on any atom is 0.191 e. The van der Waals surface area contributed by atoms with Crippen LogP contribution in [0, 0.1) is 5.92 Å². The highest BCUT2D eigenvalue weighted by Gasteiger charge is 2.20. The van der Waals surface area contributed by atoms with Crippen LogP contribution < -0.4 is 10.6 Å². The number of benzene rings is 1. The number of hydrogen-bond donors (Lipinski definition) is 1. The second-order valence-electron chi connectivity index (χ2n) is 6.92. The van der Waals surface area contributed by atoms with Crippen molar-refractivity contribution in [2.24, 2.45) is 16.6 Å². The van der Waals surface area contributed by atoms with Crippen LogP contribution in [0.2, 0.25) is 5.02 Å². The number of nitrogens with two attached hydrogens (primary N) is 1. The number of hydrogen-bond acceptors (Lipinski definition) is 3. The molecule has 1 aromatic carbocycles. The lowest BCUT2D eigenvalue weighted by molar-refractivity contribution is 0.214. The number of aliphatic imine (C=N–C) groups is 1. The van der Waals surface area contributed by atoms with Crippen molar-refractivity contribution in [2.45, 2.75) is 12.8 Å². The summed E-state index contributed by atoms with van der Waals surface area (Å²) in [6, 6.07) is 8.05. The minimum atomic E-state index is 0. The summed E-state index contributed by atoms with van der Waals surface area (Å²) in [6.45, 7) is 6.97. The largest absolute Gasteiger partial charge is 0.370 e. The minimum absolute atomic E-state index is 0. The lowest BCUT2D eigenvalue weighted by Gasteiger charge is -2.37. The maximum atomic E-state index is 6.23. The molecule has 2 fully saturated rings. The lowest BCUT2D eigenvalue weighted by Crippen LogP contribution is -2.51. The van der Waals surface area contributed by atoms with E-state index >= 15 is 0 Å². The summed E-state index contributed by atoms with van der Waals surface area (Å²) >= 11 is 5.96. The first-order valence-corrected chi connectivity index (χ1v) is 9.23. The van der Waals surface area contributed by atoms with E-state index in [2.05, 4.69) is 38.9 Å². The van der Waals surface area contributed by atoms with Crippen molar-refractivity contribution in [1.29, 1.82) is 0 Å². The summed E-state index contributed by atoms with van der Waals surface area (Å²) in [5, 5.41) is 0.780. The Labute approximate surface area is 173 Å². The van der Waals surface area contributed by atoms with Crippen molar-refractivity contribution in [3.63, 3.8) is 0 Å². The van der Waals surface area contributed by atoms with Gasteiger partial charge in [-0.3, -0.25) is 4.99 Å². The van der Waals surface area contributed by atoms with Crippen molar-refractivity contribution in [1.82, 2.24) is 9.80 Å². The highest BCUT2D eigenvalue weighted by Crippen LogP contribution is 2.19. The van der Waals surface area contributed by atoms with Gasteiger partial charge < -0.3 is 20.4 Å². The summed E-state index contributed by atoms with van der Waals surface area (Å²) in [4.78, 5) is 11.6. The number of piperazine rings is 1. The van der Waals surface area contributed by atoms with Gasteiger partial charge in [0, 0.05) is 50.0 Å². The van der Waals surface area contributed by atoms with E-state index < -0.39 is 0 Å². The number of anilines is 1. The van der Waals surface area contributed by atoms with Crippen LogP contribution in [0.25, 0.3) is 0 Å². The molecule has 0 saturated carbocycles. The molecule has 0 radical (unpaired) electrons. The van der Waals surface area contributed by atoms with Crippen molar-refractivity contribution < 1.29 is 0 Å². The van der Waals surface area contributed by atoms with Crippen molar-refractivity contribution in [3.05, 3.63) is 29.3 Å². The first-order valence-electron chi connectivity index (χ1n) is 8.86. The Balaban J connectivity index is 0.00000225. The van der Waals surface area contributed by atoms with E-state index in [1.807, 2.05) is 12.1 Å². The highest BCUT2D eigenvalue weighted by molar-refractivity contribution is 14.0. The van der Waals surface area contributed by atoms with Crippen molar-refractivity contribution >= 4 is 47.2 Å². The van der Waals surface area contributed by atoms with Crippen LogP contribution in [0.3, 0.4) is 0 Å². The first-order chi connectivity index (χ1) is 11.6. The monoisotopic (exact) mass is 477 g/mol. The minimum Gasteiger partial charge on any atom is -0.370 e. The Morgan fingerprint density at radius 2 is 1.84 bits per heavy atom. The predicted octanol–water partition coefficient (Wildman–Crippen LogP) is 2.74. The molecule has 3 rings (SSSR count). The molecule has 1 atom stereocenters. The Hall–Kier alpha value is -0.730. The SMILES string of the molecule is CN1CCCC(CN=C(N)N2CCN(c3ccc(Cl)cc3)CC2)C1.I. The molecule has 2 aliphatic rings. The fourth-order valence-electron chi connectivity index (χ4n) is 3.59. The molecule has 0 bridgehead atoms. The van der Waals surface area contributed by atoms with Crippen LogP contribution in [0.4, 0.5) is 5.69 Å². The average molecular weight is 478 g/mol. The van der Waals surface area contributed by atoms with Gasteiger partial charge in [-0.05, 0) is 56.6 Å². The van der Waals surface area contributed by atoms with Gasteiger partial charge in [-0.25, -0.2) is 0 Å². The fourth-order valence-corrected chi connectivity index (χ4v) is 3.72. The molecule has 25 heavy (non-hydrogen) atoms. The van der Waals surface area contributed by atoms with E-state index in [1.165, 1.54) is 25.1 Å². The van der Waals surface area contributed by atoms with Gasteiger partial charge in [0.25, 0.3) is 0 Å². The fraction of sp³-hybridized carbons (Fsp3) is 0.611. The van der Waals surface area contributed by atoms with Crippen molar-refractivity contribution in [2.75, 3.05) is 57.8 Å². The molecule has 1 unspecified atom stereocenters. The number of halogens is 2. The predicted molar refractivity (Wildman–Crippen MR) is 117 cm³/mol. The van der Waals surface area contributed by atoms with Gasteiger partial charge in [-0.2, -0.15) is 0 Å². The molecular weight excluding hydrogens is 449 g/mol. The summed E-state index contributed by atoms with van der Waals surface area (Å²) < 4.78 is 0. The smallest absolute Gasteiger partial charge is 0.191 e. The average Bonchev–Trinajstić information content (AvgIpc) is 2.61. The number of guanidine groups is 1. The third kappa shape index (κ3) is 5.89. The van der Waals surface area contributed by atoms with Gasteiger partial charge in [0.1, 0.15) is 0 Å².